The third-order valence-corrected chi connectivity index (χ3v) is 3.81. The fourth-order valence-corrected chi connectivity index (χ4v) is 1.92. The number of guanidine groups is 1. The molecular weight excluding hydrogens is 407 g/mol. The number of hydrogen-bond donors (Lipinski definition) is 3. The number of nitrogens with zero attached hydrogens (tertiary/aromatic N) is 2. The predicted molar refractivity (Wildman–Crippen MR) is 104 cm³/mol. The summed E-state index contributed by atoms with van der Waals surface area (Å²) < 4.78 is 5.28. The van der Waals surface area contributed by atoms with Gasteiger partial charge in [0.05, 0.1) is 11.3 Å². The molecule has 23 heavy (non-hydrogen) atoms. The molecule has 0 saturated heterocycles. The van der Waals surface area contributed by atoms with Crippen LogP contribution in [0.2, 0.25) is 0 Å². The van der Waals surface area contributed by atoms with Gasteiger partial charge in [-0.05, 0) is 25.7 Å². The van der Waals surface area contributed by atoms with E-state index in [0.29, 0.717) is 37.8 Å². The number of aliphatic hydroxyl groups is 1. The van der Waals surface area contributed by atoms with Crippen molar-refractivity contribution in [1.29, 1.82) is 0 Å². The van der Waals surface area contributed by atoms with Crippen LogP contribution in [0.4, 0.5) is 0 Å². The monoisotopic (exact) mass is 438 g/mol. The van der Waals surface area contributed by atoms with Crippen molar-refractivity contribution in [2.24, 2.45) is 4.99 Å². The highest BCUT2D eigenvalue weighted by Crippen LogP contribution is 2.15. The number of halogens is 1. The molecule has 1 aromatic rings. The van der Waals surface area contributed by atoms with Crippen molar-refractivity contribution in [2.75, 3.05) is 13.1 Å². The lowest BCUT2D eigenvalue weighted by molar-refractivity contribution is 0.0367. The van der Waals surface area contributed by atoms with Gasteiger partial charge in [0.15, 0.2) is 11.7 Å². The minimum atomic E-state index is -0.701. The molecule has 1 heterocycles. The van der Waals surface area contributed by atoms with Gasteiger partial charge in [0, 0.05) is 19.2 Å². The van der Waals surface area contributed by atoms with Crippen molar-refractivity contribution in [3.05, 3.63) is 17.5 Å². The van der Waals surface area contributed by atoms with Crippen LogP contribution in [-0.2, 0) is 6.54 Å². The highest BCUT2D eigenvalue weighted by atomic mass is 127. The number of aliphatic imine (C=N–C) groups is 1. The molecule has 134 valence electrons. The quantitative estimate of drug-likeness (QED) is 0.330. The van der Waals surface area contributed by atoms with Crippen LogP contribution in [0.1, 0.15) is 64.8 Å². The summed E-state index contributed by atoms with van der Waals surface area (Å²) in [5.74, 6) is 1.75. The minimum Gasteiger partial charge on any atom is -0.388 e. The summed E-state index contributed by atoms with van der Waals surface area (Å²) in [6.07, 6.45) is 1.41. The van der Waals surface area contributed by atoms with Crippen LogP contribution < -0.4 is 10.6 Å². The summed E-state index contributed by atoms with van der Waals surface area (Å²) >= 11 is 0. The predicted octanol–water partition coefficient (Wildman–Crippen LogP) is 3.02. The molecule has 3 N–H and O–H groups in total. The average Bonchev–Trinajstić information content (AvgIpc) is 2.99. The van der Waals surface area contributed by atoms with Gasteiger partial charge in [-0.2, -0.15) is 0 Å². The van der Waals surface area contributed by atoms with Crippen LogP contribution >= 0.6 is 24.0 Å². The van der Waals surface area contributed by atoms with Gasteiger partial charge in [-0.1, -0.05) is 32.9 Å². The molecule has 6 nitrogen and oxygen atoms in total. The third-order valence-electron chi connectivity index (χ3n) is 3.81. The Morgan fingerprint density at radius 3 is 2.43 bits per heavy atom. The highest BCUT2D eigenvalue weighted by Gasteiger charge is 2.22. The maximum Gasteiger partial charge on any atom is 0.191 e. The van der Waals surface area contributed by atoms with Gasteiger partial charge in [-0.25, -0.2) is 4.99 Å². The molecule has 0 aliphatic carbocycles. The van der Waals surface area contributed by atoms with Crippen LogP contribution in [-0.4, -0.2) is 34.9 Å². The number of aromatic nitrogens is 1. The van der Waals surface area contributed by atoms with E-state index in [2.05, 4.69) is 34.6 Å². The van der Waals surface area contributed by atoms with Gasteiger partial charge >= 0.3 is 0 Å². The van der Waals surface area contributed by atoms with Crippen LogP contribution in [0.3, 0.4) is 0 Å². The van der Waals surface area contributed by atoms with Crippen molar-refractivity contribution in [2.45, 2.75) is 65.5 Å². The zero-order valence-corrected chi connectivity index (χ0v) is 17.2. The highest BCUT2D eigenvalue weighted by molar-refractivity contribution is 14.0. The van der Waals surface area contributed by atoms with Crippen molar-refractivity contribution in [3.8, 4) is 0 Å². The fraction of sp³-hybridized carbons (Fsp3) is 0.750. The third kappa shape index (κ3) is 7.52. The van der Waals surface area contributed by atoms with Crippen molar-refractivity contribution in [1.82, 2.24) is 15.8 Å². The van der Waals surface area contributed by atoms with Crippen LogP contribution in [0, 0.1) is 0 Å². The van der Waals surface area contributed by atoms with E-state index in [1.165, 1.54) is 0 Å². The maximum atomic E-state index is 10.3. The molecule has 7 heteroatoms. The maximum absolute atomic E-state index is 10.3. The van der Waals surface area contributed by atoms with Crippen LogP contribution in [0.15, 0.2) is 15.6 Å². The molecule has 0 aliphatic rings. The normalized spacial score (nSPS) is 12.2. The first-order valence-electron chi connectivity index (χ1n) is 8.14. The first-order valence-corrected chi connectivity index (χ1v) is 8.14. The van der Waals surface area contributed by atoms with Gasteiger partial charge in [0.1, 0.15) is 6.54 Å². The standard InChI is InChI=1S/C16H30N4O2.HI/c1-6-16(21,7-2)11-19-15(17-8-3)18-10-13-9-14(12(4)5)20-22-13;/h9,12,21H,6-8,10-11H2,1-5H3,(H2,17,18,19);1H. The largest absolute Gasteiger partial charge is 0.388 e. The van der Waals surface area contributed by atoms with Crippen LogP contribution in [0.25, 0.3) is 0 Å². The average molecular weight is 438 g/mol. The Kier molecular flexibility index (Phi) is 10.5. The molecule has 0 unspecified atom stereocenters. The molecule has 0 bridgehead atoms. The Balaban J connectivity index is 0.00000484. The number of hydrogen-bond acceptors (Lipinski definition) is 4. The summed E-state index contributed by atoms with van der Waals surface area (Å²) in [6.45, 7) is 11.8. The van der Waals surface area contributed by atoms with E-state index in [4.69, 9.17) is 4.52 Å². The van der Waals surface area contributed by atoms with E-state index in [0.717, 1.165) is 18.0 Å². The Bertz CT molecular complexity index is 470. The Morgan fingerprint density at radius 1 is 1.30 bits per heavy atom. The SMILES string of the molecule is CCNC(=NCc1cc(C(C)C)no1)NCC(O)(CC)CC.I. The summed E-state index contributed by atoms with van der Waals surface area (Å²) in [7, 11) is 0. The lowest BCUT2D eigenvalue weighted by Crippen LogP contribution is -2.46. The Labute approximate surface area is 156 Å². The van der Waals surface area contributed by atoms with Crippen molar-refractivity contribution in [3.63, 3.8) is 0 Å². The van der Waals surface area contributed by atoms with E-state index in [9.17, 15) is 5.11 Å². The van der Waals surface area contributed by atoms with Crippen molar-refractivity contribution >= 4 is 29.9 Å². The molecule has 0 radical (unpaired) electrons. The summed E-state index contributed by atoms with van der Waals surface area (Å²) in [6, 6.07) is 1.94. The summed E-state index contributed by atoms with van der Waals surface area (Å²) in [5, 5.41) is 20.7. The molecule has 0 atom stereocenters. The van der Waals surface area contributed by atoms with E-state index in [-0.39, 0.29) is 24.0 Å². The molecule has 0 aromatic carbocycles. The first kappa shape index (κ1) is 22.2. The molecular formula is C16H31IN4O2. The molecule has 1 aromatic heterocycles. The molecule has 0 saturated carbocycles. The second kappa shape index (κ2) is 10.9. The van der Waals surface area contributed by atoms with E-state index < -0.39 is 5.60 Å². The zero-order valence-electron chi connectivity index (χ0n) is 14.8. The first-order chi connectivity index (χ1) is 10.4. The van der Waals surface area contributed by atoms with E-state index >= 15 is 0 Å². The van der Waals surface area contributed by atoms with Gasteiger partial charge in [0.25, 0.3) is 0 Å². The Hall–Kier alpha value is -0.830. The van der Waals surface area contributed by atoms with E-state index in [1.807, 2.05) is 26.8 Å². The summed E-state index contributed by atoms with van der Waals surface area (Å²) in [4.78, 5) is 4.48. The molecule has 0 fully saturated rings. The second-order valence-electron chi connectivity index (χ2n) is 5.85. The van der Waals surface area contributed by atoms with Gasteiger partial charge in [-0.3, -0.25) is 0 Å². The van der Waals surface area contributed by atoms with Crippen LogP contribution in [0.5, 0.6) is 0 Å². The molecule has 0 aliphatic heterocycles. The zero-order chi connectivity index (χ0) is 16.6. The summed E-state index contributed by atoms with van der Waals surface area (Å²) in [5.41, 5.74) is 0.238. The number of nitrogens with one attached hydrogen (secondary N) is 2. The second-order valence-corrected chi connectivity index (χ2v) is 5.85. The minimum absolute atomic E-state index is 0. The fourth-order valence-electron chi connectivity index (χ4n) is 1.92. The van der Waals surface area contributed by atoms with Gasteiger partial charge in [-0.15, -0.1) is 24.0 Å². The van der Waals surface area contributed by atoms with Crippen molar-refractivity contribution < 1.29 is 9.63 Å². The smallest absolute Gasteiger partial charge is 0.191 e. The lowest BCUT2D eigenvalue weighted by atomic mass is 9.98. The topological polar surface area (TPSA) is 82.7 Å². The van der Waals surface area contributed by atoms with Gasteiger partial charge in [0.2, 0.25) is 0 Å². The molecule has 0 amide bonds. The van der Waals surface area contributed by atoms with Gasteiger partial charge < -0.3 is 20.3 Å². The van der Waals surface area contributed by atoms with E-state index in [1.54, 1.807) is 0 Å². The lowest BCUT2D eigenvalue weighted by Gasteiger charge is -2.26. The number of rotatable bonds is 8. The Morgan fingerprint density at radius 2 is 1.96 bits per heavy atom. The molecule has 1 rings (SSSR count). The molecule has 0 spiro atoms.